The first-order valence-corrected chi connectivity index (χ1v) is 9.14. The zero-order chi connectivity index (χ0) is 19.8. The van der Waals surface area contributed by atoms with Gasteiger partial charge in [-0.2, -0.15) is 0 Å². The topological polar surface area (TPSA) is 99.6 Å². The summed E-state index contributed by atoms with van der Waals surface area (Å²) in [5.74, 6) is -0.148. The third-order valence-electron chi connectivity index (χ3n) is 4.23. The molecule has 0 aliphatic heterocycles. The number of amides is 1. The quantitative estimate of drug-likeness (QED) is 0.555. The second-order valence-electron chi connectivity index (χ2n) is 6.05. The molecule has 0 spiro atoms. The van der Waals surface area contributed by atoms with Gasteiger partial charge < -0.3 is 10.3 Å². The first-order valence-electron chi connectivity index (χ1n) is 8.26. The molecule has 0 unspecified atom stereocenters. The maximum Gasteiger partial charge on any atom is 0.254 e. The largest absolute Gasteiger partial charge is 0.365 e. The van der Waals surface area contributed by atoms with Crippen LogP contribution < -0.4 is 5.73 Å². The highest BCUT2D eigenvalue weighted by atomic mass is 32.1. The smallest absolute Gasteiger partial charge is 0.254 e. The Labute approximate surface area is 161 Å². The van der Waals surface area contributed by atoms with Gasteiger partial charge in [-0.05, 0) is 18.6 Å². The number of nitrogens with zero attached hydrogens (tertiary/aromatic N) is 5. The van der Waals surface area contributed by atoms with Crippen molar-refractivity contribution in [3.63, 3.8) is 0 Å². The van der Waals surface area contributed by atoms with Crippen molar-refractivity contribution in [2.24, 2.45) is 5.73 Å². The number of hydrogen-bond acceptors (Lipinski definition) is 6. The van der Waals surface area contributed by atoms with Crippen LogP contribution >= 0.6 is 11.3 Å². The van der Waals surface area contributed by atoms with E-state index in [1.807, 2.05) is 0 Å². The van der Waals surface area contributed by atoms with Gasteiger partial charge >= 0.3 is 0 Å². The molecule has 0 saturated carbocycles. The summed E-state index contributed by atoms with van der Waals surface area (Å²) in [5, 5.41) is 2.92. The number of alkyl halides is 2. The maximum atomic E-state index is 13.0. The van der Waals surface area contributed by atoms with Crippen molar-refractivity contribution in [2.45, 2.75) is 19.8 Å². The summed E-state index contributed by atoms with van der Waals surface area (Å²) < 4.78 is 27.7. The predicted molar refractivity (Wildman–Crippen MR) is 101 cm³/mol. The van der Waals surface area contributed by atoms with E-state index in [9.17, 15) is 13.6 Å². The van der Waals surface area contributed by atoms with E-state index in [-0.39, 0.29) is 11.4 Å². The van der Waals surface area contributed by atoms with Gasteiger partial charge in [-0.3, -0.25) is 9.78 Å². The molecule has 0 atom stereocenters. The molecule has 4 aromatic rings. The van der Waals surface area contributed by atoms with Gasteiger partial charge in [-0.1, -0.05) is 0 Å². The molecule has 0 aliphatic carbocycles. The van der Waals surface area contributed by atoms with E-state index in [1.54, 1.807) is 41.5 Å². The van der Waals surface area contributed by atoms with Crippen LogP contribution in [0.1, 0.15) is 21.6 Å². The molecule has 142 valence electrons. The summed E-state index contributed by atoms with van der Waals surface area (Å²) in [4.78, 5) is 29.2. The van der Waals surface area contributed by atoms with Crippen molar-refractivity contribution in [3.8, 4) is 16.6 Å². The highest BCUT2D eigenvalue weighted by molar-refractivity contribution is 7.13. The molecule has 0 bridgehead atoms. The summed E-state index contributed by atoms with van der Waals surface area (Å²) in [6.45, 7) is 1.65. The van der Waals surface area contributed by atoms with Gasteiger partial charge in [0.05, 0.1) is 11.2 Å². The first-order chi connectivity index (χ1) is 13.5. The Kier molecular flexibility index (Phi) is 4.55. The number of carbonyl (C=O) groups excluding carboxylic acids is 1. The fourth-order valence-electron chi connectivity index (χ4n) is 3.09. The van der Waals surface area contributed by atoms with Crippen LogP contribution in [0.25, 0.3) is 27.6 Å². The summed E-state index contributed by atoms with van der Waals surface area (Å²) >= 11 is 1.35. The third kappa shape index (κ3) is 3.11. The Morgan fingerprint density at radius 3 is 2.82 bits per heavy atom. The molecule has 0 radical (unpaired) electrons. The normalized spacial score (nSPS) is 11.4. The van der Waals surface area contributed by atoms with Crippen LogP contribution in [-0.2, 0) is 6.42 Å². The van der Waals surface area contributed by atoms with E-state index in [4.69, 9.17) is 5.73 Å². The minimum Gasteiger partial charge on any atom is -0.365 e. The first kappa shape index (κ1) is 18.1. The summed E-state index contributed by atoms with van der Waals surface area (Å²) in [7, 11) is 0. The van der Waals surface area contributed by atoms with E-state index >= 15 is 0 Å². The minimum absolute atomic E-state index is 0.123. The van der Waals surface area contributed by atoms with Gasteiger partial charge in [-0.15, -0.1) is 11.3 Å². The molecule has 2 N–H and O–H groups in total. The number of carbonyl (C=O) groups is 1. The van der Waals surface area contributed by atoms with Crippen LogP contribution in [0.15, 0.2) is 36.2 Å². The van der Waals surface area contributed by atoms with Crippen molar-refractivity contribution in [3.05, 3.63) is 53.1 Å². The standard InChI is InChI=1S/C18H14F2N6OS/c1-9-14(15(21)27)17(25-16(24-9)18-23-4-5-28-18)26-8-10(6-13(19)20)11-7-22-3-2-12(11)26/h2-5,7-8,13H,6H2,1H3,(H2,21,27). The number of aromatic nitrogens is 5. The molecular weight excluding hydrogens is 386 g/mol. The lowest BCUT2D eigenvalue weighted by molar-refractivity contribution is 0.0999. The lowest BCUT2D eigenvalue weighted by Crippen LogP contribution is -2.19. The van der Waals surface area contributed by atoms with Crippen molar-refractivity contribution in [1.29, 1.82) is 0 Å². The molecule has 0 fully saturated rings. The molecule has 0 aromatic carbocycles. The molecule has 1 amide bonds. The highest BCUT2D eigenvalue weighted by Crippen LogP contribution is 2.29. The summed E-state index contributed by atoms with van der Waals surface area (Å²) in [6, 6.07) is 1.68. The Morgan fingerprint density at radius 1 is 1.32 bits per heavy atom. The van der Waals surface area contributed by atoms with Crippen LogP contribution in [0.3, 0.4) is 0 Å². The molecule has 10 heteroatoms. The highest BCUT2D eigenvalue weighted by Gasteiger charge is 2.22. The van der Waals surface area contributed by atoms with E-state index < -0.39 is 18.8 Å². The van der Waals surface area contributed by atoms with Crippen molar-refractivity contribution in [2.75, 3.05) is 0 Å². The predicted octanol–water partition coefficient (Wildman–Crippen LogP) is 3.15. The SMILES string of the molecule is Cc1nc(-c2nccs2)nc(-n2cc(CC(F)F)c3cnccc32)c1C(N)=O. The number of thiazole rings is 1. The molecule has 4 aromatic heterocycles. The maximum absolute atomic E-state index is 13.0. The van der Waals surface area contributed by atoms with E-state index in [2.05, 4.69) is 19.9 Å². The van der Waals surface area contributed by atoms with Crippen LogP contribution in [-0.4, -0.2) is 36.8 Å². The van der Waals surface area contributed by atoms with Crippen LogP contribution in [0, 0.1) is 6.92 Å². The van der Waals surface area contributed by atoms with Gasteiger partial charge in [0, 0.05) is 42.0 Å². The number of primary amides is 1. The Morgan fingerprint density at radius 2 is 2.14 bits per heavy atom. The van der Waals surface area contributed by atoms with Crippen molar-refractivity contribution < 1.29 is 13.6 Å². The summed E-state index contributed by atoms with van der Waals surface area (Å²) in [6.07, 6.45) is 3.27. The summed E-state index contributed by atoms with van der Waals surface area (Å²) in [5.41, 5.74) is 7.08. The Bertz CT molecular complexity index is 1170. The number of pyridine rings is 1. The number of rotatable bonds is 5. The Hall–Kier alpha value is -3.27. The lowest BCUT2D eigenvalue weighted by Gasteiger charge is -2.12. The zero-order valence-corrected chi connectivity index (χ0v) is 15.5. The van der Waals surface area contributed by atoms with E-state index in [0.29, 0.717) is 33.0 Å². The number of hydrogen-bond donors (Lipinski definition) is 1. The number of aryl methyl sites for hydroxylation is 1. The fraction of sp³-hybridized carbons (Fsp3) is 0.167. The minimum atomic E-state index is -2.52. The van der Waals surface area contributed by atoms with Gasteiger partial charge in [0.15, 0.2) is 16.6 Å². The molecular formula is C18H14F2N6OS. The molecule has 7 nitrogen and oxygen atoms in total. The zero-order valence-electron chi connectivity index (χ0n) is 14.6. The van der Waals surface area contributed by atoms with E-state index in [1.165, 1.54) is 17.5 Å². The van der Waals surface area contributed by atoms with Gasteiger partial charge in [-0.25, -0.2) is 23.7 Å². The molecule has 4 rings (SSSR count). The number of fused-ring (bicyclic) bond motifs is 1. The van der Waals surface area contributed by atoms with Crippen LogP contribution in [0.5, 0.6) is 0 Å². The average molecular weight is 400 g/mol. The number of nitrogens with two attached hydrogens (primary N) is 1. The number of halogens is 2. The molecule has 0 aliphatic rings. The Balaban J connectivity index is 2.02. The van der Waals surface area contributed by atoms with Crippen molar-refractivity contribution in [1.82, 2.24) is 24.5 Å². The monoisotopic (exact) mass is 400 g/mol. The molecule has 28 heavy (non-hydrogen) atoms. The van der Waals surface area contributed by atoms with E-state index in [0.717, 1.165) is 0 Å². The molecule has 0 saturated heterocycles. The lowest BCUT2D eigenvalue weighted by atomic mass is 10.2. The van der Waals surface area contributed by atoms with Gasteiger partial charge in [0.2, 0.25) is 6.43 Å². The van der Waals surface area contributed by atoms with Crippen LogP contribution in [0.2, 0.25) is 0 Å². The fourth-order valence-corrected chi connectivity index (χ4v) is 3.66. The average Bonchev–Trinajstić information content (AvgIpc) is 3.29. The van der Waals surface area contributed by atoms with Crippen LogP contribution in [0.4, 0.5) is 8.78 Å². The third-order valence-corrected chi connectivity index (χ3v) is 5.00. The van der Waals surface area contributed by atoms with Gasteiger partial charge in [0.25, 0.3) is 5.91 Å². The van der Waals surface area contributed by atoms with Gasteiger partial charge in [0.1, 0.15) is 5.56 Å². The van der Waals surface area contributed by atoms with Crippen molar-refractivity contribution >= 4 is 28.1 Å². The molecule has 4 heterocycles. The second-order valence-corrected chi connectivity index (χ2v) is 6.94. The second kappa shape index (κ2) is 7.04.